The number of rotatable bonds is 0. The van der Waals surface area contributed by atoms with Gasteiger partial charge in [-0.05, 0) is 28.1 Å². The SMILES string of the molecule is O=S1(=O)c2ccc(O)c(Br)c2[C@@H](O)C1(F)F. The molecule has 0 radical (unpaired) electrons. The lowest BCUT2D eigenvalue weighted by molar-refractivity contribution is -0.0379. The zero-order chi connectivity index (χ0) is 12.3. The highest BCUT2D eigenvalue weighted by atomic mass is 79.9. The Balaban J connectivity index is 2.88. The van der Waals surface area contributed by atoms with Gasteiger partial charge in [0.1, 0.15) is 5.75 Å². The van der Waals surface area contributed by atoms with Crippen LogP contribution in [0, 0.1) is 0 Å². The number of aliphatic hydroxyl groups is 1. The Hall–Kier alpha value is -0.730. The van der Waals surface area contributed by atoms with E-state index in [9.17, 15) is 27.4 Å². The third-order valence-corrected chi connectivity index (χ3v) is 5.07. The molecular weight excluding hydrogens is 310 g/mol. The standard InChI is InChI=1S/C8H5BrF2O4S/c9-6-3(12)1-2-4-5(6)7(13)8(10,11)16(4,14)15/h1-2,7,12-13H/t7-/m1/s1. The van der Waals surface area contributed by atoms with Crippen LogP contribution in [-0.2, 0) is 9.84 Å². The van der Waals surface area contributed by atoms with Crippen LogP contribution < -0.4 is 0 Å². The molecule has 1 aromatic rings. The van der Waals surface area contributed by atoms with Gasteiger partial charge < -0.3 is 10.2 Å². The number of phenolic OH excluding ortho intramolecular Hbond substituents is 1. The molecule has 0 fully saturated rings. The van der Waals surface area contributed by atoms with Crippen molar-refractivity contribution in [2.75, 3.05) is 0 Å². The van der Waals surface area contributed by atoms with Crippen molar-refractivity contribution in [2.45, 2.75) is 16.3 Å². The van der Waals surface area contributed by atoms with Gasteiger partial charge in [0.2, 0.25) is 9.84 Å². The molecule has 88 valence electrons. The van der Waals surface area contributed by atoms with Gasteiger partial charge in [-0.2, -0.15) is 8.78 Å². The molecule has 1 atom stereocenters. The van der Waals surface area contributed by atoms with Crippen LogP contribution >= 0.6 is 15.9 Å². The van der Waals surface area contributed by atoms with Crippen LogP contribution in [0.2, 0.25) is 0 Å². The van der Waals surface area contributed by atoms with Gasteiger partial charge in [0, 0.05) is 5.56 Å². The molecule has 0 spiro atoms. The Morgan fingerprint density at radius 3 is 2.50 bits per heavy atom. The number of halogens is 3. The van der Waals surface area contributed by atoms with E-state index in [1.807, 2.05) is 0 Å². The van der Waals surface area contributed by atoms with Crippen LogP contribution in [0.3, 0.4) is 0 Å². The van der Waals surface area contributed by atoms with E-state index in [-0.39, 0.29) is 4.47 Å². The summed E-state index contributed by atoms with van der Waals surface area (Å²) in [6, 6.07) is 1.81. The highest BCUT2D eigenvalue weighted by molar-refractivity contribution is 9.10. The molecule has 2 N–H and O–H groups in total. The molecule has 4 nitrogen and oxygen atoms in total. The summed E-state index contributed by atoms with van der Waals surface area (Å²) in [6.07, 6.45) is -2.48. The average molecular weight is 315 g/mol. The zero-order valence-electron chi connectivity index (χ0n) is 7.49. The minimum atomic E-state index is -4.90. The maximum absolute atomic E-state index is 13.3. The minimum absolute atomic E-state index is 0.238. The first-order valence-corrected chi connectivity index (χ1v) is 6.30. The molecule has 0 saturated carbocycles. The lowest BCUT2D eigenvalue weighted by Gasteiger charge is -2.12. The third kappa shape index (κ3) is 1.17. The number of phenols is 1. The predicted octanol–water partition coefficient (Wildman–Crippen LogP) is 1.57. The minimum Gasteiger partial charge on any atom is -0.507 e. The number of sulfone groups is 1. The normalized spacial score (nSPS) is 25.4. The van der Waals surface area contributed by atoms with Gasteiger partial charge >= 0.3 is 5.25 Å². The molecular formula is C8H5BrF2O4S. The number of aromatic hydroxyl groups is 1. The van der Waals surface area contributed by atoms with Crippen LogP contribution in [0.4, 0.5) is 8.78 Å². The first-order valence-electron chi connectivity index (χ1n) is 4.03. The number of benzene rings is 1. The van der Waals surface area contributed by atoms with Crippen molar-refractivity contribution in [2.24, 2.45) is 0 Å². The fourth-order valence-electron chi connectivity index (χ4n) is 1.51. The smallest absolute Gasteiger partial charge is 0.379 e. The van der Waals surface area contributed by atoms with Gasteiger partial charge in [-0.25, -0.2) is 8.42 Å². The van der Waals surface area contributed by atoms with Crippen molar-refractivity contribution in [3.05, 3.63) is 22.2 Å². The van der Waals surface area contributed by atoms with Crippen molar-refractivity contribution in [3.63, 3.8) is 0 Å². The zero-order valence-corrected chi connectivity index (χ0v) is 9.89. The number of aliphatic hydroxyl groups excluding tert-OH is 1. The predicted molar refractivity (Wildman–Crippen MR) is 52.9 cm³/mol. The van der Waals surface area contributed by atoms with Gasteiger partial charge in [0.15, 0.2) is 6.10 Å². The summed E-state index contributed by atoms with van der Waals surface area (Å²) in [6.45, 7) is 0. The topological polar surface area (TPSA) is 74.6 Å². The van der Waals surface area contributed by atoms with E-state index >= 15 is 0 Å². The lowest BCUT2D eigenvalue weighted by Crippen LogP contribution is -2.28. The summed E-state index contributed by atoms with van der Waals surface area (Å²) in [4.78, 5) is -0.672. The Morgan fingerprint density at radius 1 is 1.38 bits per heavy atom. The maximum atomic E-state index is 13.3. The summed E-state index contributed by atoms with van der Waals surface area (Å²) in [5, 5.41) is 14.3. The largest absolute Gasteiger partial charge is 0.507 e. The molecule has 1 heterocycles. The van der Waals surface area contributed by atoms with Crippen molar-refractivity contribution in [1.82, 2.24) is 0 Å². The van der Waals surface area contributed by atoms with Gasteiger partial charge in [0.25, 0.3) is 0 Å². The Bertz CT molecular complexity index is 570. The monoisotopic (exact) mass is 314 g/mol. The van der Waals surface area contributed by atoms with Crippen molar-refractivity contribution < 1.29 is 27.4 Å². The second kappa shape index (κ2) is 3.14. The molecule has 8 heteroatoms. The van der Waals surface area contributed by atoms with Gasteiger partial charge in [-0.1, -0.05) is 0 Å². The van der Waals surface area contributed by atoms with Crippen LogP contribution in [0.5, 0.6) is 5.75 Å². The Kier molecular flexibility index (Phi) is 2.31. The maximum Gasteiger partial charge on any atom is 0.379 e. The molecule has 0 aromatic heterocycles. The summed E-state index contributed by atoms with van der Waals surface area (Å²) >= 11 is 2.77. The molecule has 0 aliphatic carbocycles. The fourth-order valence-corrected chi connectivity index (χ4v) is 3.66. The third-order valence-electron chi connectivity index (χ3n) is 2.36. The van der Waals surface area contributed by atoms with Crippen molar-refractivity contribution in [1.29, 1.82) is 0 Å². The lowest BCUT2D eigenvalue weighted by atomic mass is 10.1. The van der Waals surface area contributed by atoms with Crippen LogP contribution in [-0.4, -0.2) is 23.9 Å². The van der Waals surface area contributed by atoms with Gasteiger partial charge in [0.05, 0.1) is 9.37 Å². The van der Waals surface area contributed by atoms with E-state index < -0.39 is 37.4 Å². The van der Waals surface area contributed by atoms with E-state index in [4.69, 9.17) is 0 Å². The number of alkyl halides is 2. The molecule has 1 aliphatic heterocycles. The highest BCUT2D eigenvalue weighted by Gasteiger charge is 2.61. The number of fused-ring (bicyclic) bond motifs is 1. The molecule has 1 aliphatic rings. The molecule has 0 saturated heterocycles. The van der Waals surface area contributed by atoms with Gasteiger partial charge in [-0.15, -0.1) is 0 Å². The van der Waals surface area contributed by atoms with Gasteiger partial charge in [-0.3, -0.25) is 0 Å². The molecule has 2 rings (SSSR count). The van der Waals surface area contributed by atoms with Crippen molar-refractivity contribution >= 4 is 25.8 Å². The Labute approximate surface area is 97.6 Å². The molecule has 1 aromatic carbocycles. The first kappa shape index (κ1) is 11.7. The summed E-state index contributed by atoms with van der Waals surface area (Å²) in [5.74, 6) is -0.411. The van der Waals surface area contributed by atoms with E-state index in [1.165, 1.54) is 0 Å². The first-order chi connectivity index (χ1) is 7.21. The van der Waals surface area contributed by atoms with Crippen LogP contribution in [0.1, 0.15) is 11.7 Å². The van der Waals surface area contributed by atoms with E-state index in [2.05, 4.69) is 15.9 Å². The quantitative estimate of drug-likeness (QED) is 0.762. The fraction of sp³-hybridized carbons (Fsp3) is 0.250. The molecule has 0 amide bonds. The number of hydrogen-bond donors (Lipinski definition) is 2. The molecule has 0 unspecified atom stereocenters. The second-order valence-electron chi connectivity index (χ2n) is 3.28. The van der Waals surface area contributed by atoms with E-state index in [1.54, 1.807) is 0 Å². The summed E-state index contributed by atoms with van der Waals surface area (Å²) < 4.78 is 49.1. The molecule has 0 bridgehead atoms. The summed E-state index contributed by atoms with van der Waals surface area (Å²) in [5.41, 5.74) is -0.509. The Morgan fingerprint density at radius 2 is 1.94 bits per heavy atom. The van der Waals surface area contributed by atoms with E-state index in [0.717, 1.165) is 12.1 Å². The molecule has 16 heavy (non-hydrogen) atoms. The average Bonchev–Trinajstić information content (AvgIpc) is 2.32. The van der Waals surface area contributed by atoms with Crippen LogP contribution in [0.25, 0.3) is 0 Å². The van der Waals surface area contributed by atoms with Crippen LogP contribution in [0.15, 0.2) is 21.5 Å². The summed E-state index contributed by atoms with van der Waals surface area (Å²) in [7, 11) is -4.90. The number of hydrogen-bond acceptors (Lipinski definition) is 4. The highest BCUT2D eigenvalue weighted by Crippen LogP contribution is 2.52. The van der Waals surface area contributed by atoms with Crippen molar-refractivity contribution in [3.8, 4) is 5.75 Å². The van der Waals surface area contributed by atoms with E-state index in [0.29, 0.717) is 0 Å². The second-order valence-corrected chi connectivity index (χ2v) is 6.06.